The van der Waals surface area contributed by atoms with Crippen LogP contribution in [0, 0.1) is 0 Å². The number of hydrogen-bond donors (Lipinski definition) is 0. The fraction of sp³-hybridized carbons (Fsp3) is 0.356. The van der Waals surface area contributed by atoms with Crippen LogP contribution in [0.15, 0.2) is 97.1 Å². The van der Waals surface area contributed by atoms with E-state index in [1.165, 1.54) is 55.6 Å². The minimum atomic E-state index is -5.18. The normalized spacial score (nSPS) is 20.0. The molecule has 4 aromatic carbocycles. The molecule has 0 aliphatic heterocycles. The molecule has 0 N–H and O–H groups in total. The predicted octanol–water partition coefficient (Wildman–Crippen LogP) is 13.6. The van der Waals surface area contributed by atoms with Crippen LogP contribution >= 0.6 is 0 Å². The summed E-state index contributed by atoms with van der Waals surface area (Å²) in [4.78, 5) is 0. The van der Waals surface area contributed by atoms with Crippen LogP contribution in [-0.4, -0.2) is 4.26 Å². The molecule has 0 heterocycles. The summed E-state index contributed by atoms with van der Waals surface area (Å²) >= 11 is -5.18. The van der Waals surface area contributed by atoms with Gasteiger partial charge in [-0.25, -0.2) is 0 Å². The molecule has 6 rings (SSSR count). The number of rotatable bonds is 6. The third-order valence-corrected chi connectivity index (χ3v) is 49.0. The Kier molecular flexibility index (Phi) is 6.89. The summed E-state index contributed by atoms with van der Waals surface area (Å²) in [6, 6.07) is 32.5. The SMILES string of the molecule is [CH2]=[Hf]([CH3])([CH3])([CH3])([CH2]CC)([CH]1C=Cc2c(-c3ccc(C(C)(C)C)cc3)cccc21)[CH]1C=Cc2c(-c3ccc(C(C)(C)C)cc3)cccc21. The number of fused-ring (bicyclic) bond motifs is 2. The van der Waals surface area contributed by atoms with Crippen LogP contribution < -0.4 is 0 Å². The van der Waals surface area contributed by atoms with Crippen LogP contribution in [0.5, 0.6) is 0 Å². The van der Waals surface area contributed by atoms with Gasteiger partial charge in [0.15, 0.2) is 0 Å². The first-order chi connectivity index (χ1) is 21.2. The number of benzene rings is 4. The van der Waals surface area contributed by atoms with E-state index in [9.17, 15) is 0 Å². The van der Waals surface area contributed by atoms with E-state index in [2.05, 4.69) is 172 Å². The summed E-state index contributed by atoms with van der Waals surface area (Å²) < 4.78 is 15.5. The van der Waals surface area contributed by atoms with Gasteiger partial charge in [-0.1, -0.05) is 0 Å². The van der Waals surface area contributed by atoms with E-state index in [4.69, 9.17) is 4.26 Å². The standard InChI is InChI=1S/2C19H19.C3H7.3CH3.CH2.Hf/c2*1-19(2,3)16-12-10-15(11-13-16)18-9-5-7-14-6-4-8-17(14)18;1-3-2;;;;;/h2*4-13H,1-3H3;1,3H2,2H3;3*1H3;1H2;. The molecule has 0 saturated heterocycles. The molecule has 0 saturated carbocycles. The zero-order valence-electron chi connectivity index (χ0n) is 30.2. The van der Waals surface area contributed by atoms with E-state index in [0.717, 1.165) is 10.6 Å². The van der Waals surface area contributed by atoms with E-state index >= 15 is 0 Å². The van der Waals surface area contributed by atoms with Crippen molar-refractivity contribution in [3.63, 3.8) is 0 Å². The molecule has 2 aliphatic carbocycles. The molecular formula is C45H56Hf. The Morgan fingerprint density at radius 3 is 1.26 bits per heavy atom. The molecule has 0 nitrogen and oxygen atoms in total. The Balaban J connectivity index is 1.49. The van der Waals surface area contributed by atoms with Gasteiger partial charge in [0, 0.05) is 0 Å². The predicted molar refractivity (Wildman–Crippen MR) is 205 cm³/mol. The van der Waals surface area contributed by atoms with Crippen molar-refractivity contribution in [3.05, 3.63) is 130 Å². The Morgan fingerprint density at radius 1 is 0.565 bits per heavy atom. The fourth-order valence-corrected chi connectivity index (χ4v) is 42.6. The van der Waals surface area contributed by atoms with Crippen LogP contribution in [0.25, 0.3) is 34.4 Å². The third-order valence-electron chi connectivity index (χ3n) is 12.6. The average molecular weight is 775 g/mol. The van der Waals surface area contributed by atoms with Gasteiger partial charge in [0.05, 0.1) is 0 Å². The van der Waals surface area contributed by atoms with Gasteiger partial charge >= 0.3 is 275 Å². The van der Waals surface area contributed by atoms with Gasteiger partial charge in [0.2, 0.25) is 0 Å². The summed E-state index contributed by atoms with van der Waals surface area (Å²) in [6.07, 6.45) is 11.1. The molecule has 1 heteroatoms. The topological polar surface area (TPSA) is 0 Å². The molecule has 46 heavy (non-hydrogen) atoms. The van der Waals surface area contributed by atoms with Gasteiger partial charge in [-0.15, -0.1) is 0 Å². The van der Waals surface area contributed by atoms with Gasteiger partial charge in [-0.3, -0.25) is 0 Å². The summed E-state index contributed by atoms with van der Waals surface area (Å²) in [5, 5.41) is 0. The monoisotopic (exact) mass is 776 g/mol. The average Bonchev–Trinajstić information content (AvgIpc) is 3.63. The molecule has 0 fully saturated rings. The second kappa shape index (κ2) is 9.59. The zero-order chi connectivity index (χ0) is 33.4. The van der Waals surface area contributed by atoms with Crippen molar-refractivity contribution in [3.8, 4) is 22.3 Å². The van der Waals surface area contributed by atoms with Gasteiger partial charge in [-0.2, -0.15) is 0 Å². The van der Waals surface area contributed by atoms with Gasteiger partial charge < -0.3 is 0 Å². The number of allylic oxidation sites excluding steroid dienone is 2. The van der Waals surface area contributed by atoms with Crippen molar-refractivity contribution in [2.75, 3.05) is 0 Å². The maximum atomic E-state index is 5.69. The minimum absolute atomic E-state index is 0.141. The van der Waals surface area contributed by atoms with Crippen LogP contribution in [0.3, 0.4) is 0 Å². The fourth-order valence-electron chi connectivity index (χ4n) is 9.71. The van der Waals surface area contributed by atoms with Crippen molar-refractivity contribution in [2.45, 2.75) is 91.3 Å². The van der Waals surface area contributed by atoms with Gasteiger partial charge in [0.1, 0.15) is 0 Å². The van der Waals surface area contributed by atoms with E-state index in [1.54, 1.807) is 0 Å². The van der Waals surface area contributed by atoms with Crippen molar-refractivity contribution in [1.29, 1.82) is 0 Å². The first kappa shape index (κ1) is 33.0. The molecule has 4 aromatic rings. The van der Waals surface area contributed by atoms with Crippen molar-refractivity contribution < 1.29 is 15.1 Å². The molecule has 0 amide bonds. The van der Waals surface area contributed by atoms with Gasteiger partial charge in [0.25, 0.3) is 0 Å². The van der Waals surface area contributed by atoms with Gasteiger partial charge in [-0.05, 0) is 0 Å². The molecule has 0 spiro atoms. The summed E-state index contributed by atoms with van der Waals surface area (Å²) in [5.41, 5.74) is 14.0. The summed E-state index contributed by atoms with van der Waals surface area (Å²) in [6.45, 7) is 16.1. The van der Waals surface area contributed by atoms with Crippen molar-refractivity contribution >= 4 is 16.4 Å². The van der Waals surface area contributed by atoms with Crippen LogP contribution in [-0.2, 0) is 25.9 Å². The van der Waals surface area contributed by atoms with E-state index < -0.39 is 15.1 Å². The molecule has 240 valence electrons. The summed E-state index contributed by atoms with van der Waals surface area (Å²) in [5.74, 6) is 0. The molecule has 0 bridgehead atoms. The van der Waals surface area contributed by atoms with Crippen LogP contribution in [0.4, 0.5) is 0 Å². The summed E-state index contributed by atoms with van der Waals surface area (Å²) in [7, 11) is 0. The second-order valence-corrected chi connectivity index (χ2v) is 73.9. The molecular weight excluding hydrogens is 719 g/mol. The first-order valence-electron chi connectivity index (χ1n) is 17.6. The quantitative estimate of drug-likeness (QED) is 0.171. The second-order valence-electron chi connectivity index (χ2n) is 20.3. The molecule has 0 aromatic heterocycles. The first-order valence-corrected chi connectivity index (χ1v) is 37.6. The maximum absolute atomic E-state index is 5.69. The Hall–Kier alpha value is -2.90. The molecule has 2 unspecified atom stereocenters. The Bertz CT molecular complexity index is 1890. The van der Waals surface area contributed by atoms with Crippen LogP contribution in [0.1, 0.15) is 95.6 Å². The third kappa shape index (κ3) is 5.08. The van der Waals surface area contributed by atoms with E-state index in [0.29, 0.717) is 7.35 Å². The van der Waals surface area contributed by atoms with E-state index in [1.807, 2.05) is 0 Å². The Labute approximate surface area is 273 Å². The molecule has 2 atom stereocenters. The molecule has 0 radical (unpaired) electrons. The van der Waals surface area contributed by atoms with E-state index in [-0.39, 0.29) is 10.8 Å². The zero-order valence-corrected chi connectivity index (χ0v) is 33.8. The Morgan fingerprint density at radius 2 is 0.935 bits per heavy atom. The van der Waals surface area contributed by atoms with Crippen molar-refractivity contribution in [1.82, 2.24) is 0 Å². The van der Waals surface area contributed by atoms with Crippen LogP contribution in [0.2, 0.25) is 18.2 Å². The molecule has 2 aliphatic rings. The number of hydrogen-bond acceptors (Lipinski definition) is 0. The van der Waals surface area contributed by atoms with Crippen molar-refractivity contribution in [2.24, 2.45) is 0 Å².